The molecule has 0 saturated heterocycles. The Bertz CT molecular complexity index is 750. The van der Waals surface area contributed by atoms with Gasteiger partial charge in [-0.1, -0.05) is 19.8 Å². The highest BCUT2D eigenvalue weighted by Gasteiger charge is 2.32. The summed E-state index contributed by atoms with van der Waals surface area (Å²) in [5.74, 6) is 3.35. The molecule has 1 saturated carbocycles. The summed E-state index contributed by atoms with van der Waals surface area (Å²) >= 11 is 5.99. The van der Waals surface area contributed by atoms with Crippen LogP contribution in [0.25, 0.3) is 11.5 Å². The molecule has 3 heterocycles. The van der Waals surface area contributed by atoms with Gasteiger partial charge < -0.3 is 5.32 Å². The summed E-state index contributed by atoms with van der Waals surface area (Å²) in [4.78, 5) is 22.4. The van der Waals surface area contributed by atoms with Gasteiger partial charge in [-0.3, -0.25) is 9.13 Å². The molecule has 1 aliphatic carbocycles. The molecule has 0 aromatic heterocycles. The third kappa shape index (κ3) is 2.69. The Morgan fingerprint density at radius 2 is 2.04 bits per heavy atom. The Morgan fingerprint density at radius 3 is 2.71 bits per heavy atom. The first-order valence-corrected chi connectivity index (χ1v) is 9.09. The Morgan fingerprint density at radius 1 is 1.29 bits per heavy atom. The van der Waals surface area contributed by atoms with E-state index in [0.29, 0.717) is 24.9 Å². The van der Waals surface area contributed by atoms with Crippen molar-refractivity contribution in [3.63, 3.8) is 0 Å². The fourth-order valence-corrected chi connectivity index (χ4v) is 3.99. The zero-order valence-corrected chi connectivity index (χ0v) is 15.4. The van der Waals surface area contributed by atoms with E-state index >= 15 is 0 Å². The molecule has 3 aliphatic heterocycles. The minimum Gasteiger partial charge on any atom is -0.364 e. The van der Waals surface area contributed by atoms with Crippen LogP contribution in [0.4, 0.5) is 5.82 Å². The van der Waals surface area contributed by atoms with Gasteiger partial charge in [0.05, 0.1) is 12.6 Å². The summed E-state index contributed by atoms with van der Waals surface area (Å²) in [5.41, 5.74) is 0.819. The Hall–Kier alpha value is -1.27. The largest absolute Gasteiger partial charge is 0.364 e. The average Bonchev–Trinajstić information content (AvgIpc) is 3.28. The molecule has 0 aromatic rings. The van der Waals surface area contributed by atoms with E-state index < -0.39 is 0 Å². The molecule has 0 amide bonds. The lowest BCUT2D eigenvalue weighted by atomic mass is 10.1. The zero-order valence-electron chi connectivity index (χ0n) is 13.8. The fraction of sp³-hybridized carbons (Fsp3) is 0.688. The average molecular weight is 372 g/mol. The summed E-state index contributed by atoms with van der Waals surface area (Å²) in [6, 6.07) is 0.0803. The molecule has 0 radical (unpaired) electrons. The van der Waals surface area contributed by atoms with E-state index in [-0.39, 0.29) is 24.1 Å². The Labute approximate surface area is 152 Å². The number of nitrogens with one attached hydrogen (secondary N) is 1. The molecule has 1 N–H and O–H groups in total. The van der Waals surface area contributed by atoms with E-state index in [1.807, 2.05) is 0 Å². The maximum atomic E-state index is 12.8. The number of fused-ring (bicyclic) bond motifs is 3. The summed E-state index contributed by atoms with van der Waals surface area (Å²) in [7, 11) is 0. The van der Waals surface area contributed by atoms with Gasteiger partial charge in [0.2, 0.25) is 0 Å². The van der Waals surface area contributed by atoms with E-state index in [0.717, 1.165) is 42.4 Å². The first-order valence-electron chi connectivity index (χ1n) is 8.56. The van der Waals surface area contributed by atoms with Gasteiger partial charge in [0.25, 0.3) is 0 Å². The lowest BCUT2D eigenvalue weighted by Gasteiger charge is -2.13. The lowest BCUT2D eigenvalue weighted by molar-refractivity contribution is 0.572. The second-order valence-corrected chi connectivity index (χ2v) is 6.93. The number of aromatic nitrogens is 4. The van der Waals surface area contributed by atoms with Crippen molar-refractivity contribution in [2.75, 3.05) is 11.2 Å². The molecule has 4 aliphatic rings. The van der Waals surface area contributed by atoms with Gasteiger partial charge >= 0.3 is 5.69 Å². The lowest BCUT2D eigenvalue weighted by Crippen LogP contribution is -2.32. The molecular formula is C16H23Cl2N5O. The topological polar surface area (TPSA) is 64.7 Å². The van der Waals surface area contributed by atoms with Crippen LogP contribution in [0.1, 0.15) is 50.8 Å². The first-order chi connectivity index (χ1) is 11.2. The van der Waals surface area contributed by atoms with Crippen LogP contribution in [-0.2, 0) is 13.1 Å². The number of halogens is 2. The molecule has 1 unspecified atom stereocenters. The Balaban J connectivity index is 0.00000169. The van der Waals surface area contributed by atoms with Crippen LogP contribution in [0, 0.1) is 0 Å². The smallest absolute Gasteiger partial charge is 0.331 e. The van der Waals surface area contributed by atoms with Crippen LogP contribution in [0.3, 0.4) is 0 Å². The molecule has 4 rings (SSSR count). The number of nitrogens with zero attached hydrogens (tertiary/aromatic N) is 4. The summed E-state index contributed by atoms with van der Waals surface area (Å²) in [6.07, 6.45) is 5.70. The van der Waals surface area contributed by atoms with E-state index in [9.17, 15) is 4.79 Å². The maximum Gasteiger partial charge on any atom is 0.331 e. The van der Waals surface area contributed by atoms with E-state index in [4.69, 9.17) is 21.6 Å². The zero-order chi connectivity index (χ0) is 16.0. The molecule has 0 spiro atoms. The molecule has 0 bridgehead atoms. The number of alkyl halides is 1. The van der Waals surface area contributed by atoms with E-state index in [1.54, 1.807) is 9.13 Å². The monoisotopic (exact) mass is 371 g/mol. The van der Waals surface area contributed by atoms with Crippen LogP contribution in [-0.4, -0.2) is 31.0 Å². The number of anilines is 1. The highest BCUT2D eigenvalue weighted by Crippen LogP contribution is 2.37. The molecule has 132 valence electrons. The van der Waals surface area contributed by atoms with Gasteiger partial charge in [0.15, 0.2) is 5.82 Å². The number of rotatable bonds is 4. The first kappa shape index (κ1) is 17.5. The van der Waals surface area contributed by atoms with Gasteiger partial charge in [0, 0.05) is 18.3 Å². The molecular weight excluding hydrogens is 349 g/mol. The number of hydrogen-bond acceptors (Lipinski definition) is 4. The third-order valence-corrected chi connectivity index (χ3v) is 5.34. The van der Waals surface area contributed by atoms with Crippen molar-refractivity contribution in [1.82, 2.24) is 19.1 Å². The molecule has 1 atom stereocenters. The predicted molar refractivity (Wildman–Crippen MR) is 97.8 cm³/mol. The normalized spacial score (nSPS) is 20.2. The number of imidazole rings is 1. The van der Waals surface area contributed by atoms with Crippen molar-refractivity contribution in [3.8, 4) is 11.5 Å². The predicted octanol–water partition coefficient (Wildman–Crippen LogP) is 3.07. The molecule has 0 aromatic carbocycles. The SMILES string of the molecule is CCCn1c2nc(C3CCCC3)nc-2c2n(c1=O)CC(CCl)N2.Cl. The van der Waals surface area contributed by atoms with Crippen LogP contribution >= 0.6 is 24.0 Å². The second-order valence-electron chi connectivity index (χ2n) is 6.62. The maximum absolute atomic E-state index is 12.8. The van der Waals surface area contributed by atoms with Crippen molar-refractivity contribution in [2.24, 2.45) is 0 Å². The standard InChI is InChI=1S/C16H22ClN5O.ClH/c1-2-7-21-15-12(19-13(20-15)10-5-3-4-6-10)14-18-11(8-17)9-22(14)16(21)23;/h10-11,18H,2-9H2,1H3;1H. The summed E-state index contributed by atoms with van der Waals surface area (Å²) in [6.45, 7) is 3.34. The van der Waals surface area contributed by atoms with Gasteiger partial charge in [-0.05, 0) is 19.3 Å². The highest BCUT2D eigenvalue weighted by atomic mass is 35.5. The van der Waals surface area contributed by atoms with Gasteiger partial charge in [-0.25, -0.2) is 14.8 Å². The summed E-state index contributed by atoms with van der Waals surface area (Å²) in [5, 5.41) is 3.36. The van der Waals surface area contributed by atoms with Crippen molar-refractivity contribution >= 4 is 29.8 Å². The van der Waals surface area contributed by atoms with Crippen molar-refractivity contribution in [1.29, 1.82) is 0 Å². The highest BCUT2D eigenvalue weighted by molar-refractivity contribution is 6.18. The van der Waals surface area contributed by atoms with Crippen LogP contribution in [0.2, 0.25) is 0 Å². The van der Waals surface area contributed by atoms with Crippen LogP contribution in [0.5, 0.6) is 0 Å². The van der Waals surface area contributed by atoms with E-state index in [2.05, 4.69) is 12.2 Å². The van der Waals surface area contributed by atoms with Crippen LogP contribution < -0.4 is 11.0 Å². The van der Waals surface area contributed by atoms with Crippen LogP contribution in [0.15, 0.2) is 4.79 Å². The number of hydrogen-bond donors (Lipinski definition) is 1. The summed E-state index contributed by atoms with van der Waals surface area (Å²) < 4.78 is 3.56. The van der Waals surface area contributed by atoms with Gasteiger partial charge in [-0.15, -0.1) is 24.0 Å². The quantitative estimate of drug-likeness (QED) is 0.838. The minimum absolute atomic E-state index is 0. The molecule has 24 heavy (non-hydrogen) atoms. The molecule has 1 fully saturated rings. The third-order valence-electron chi connectivity index (χ3n) is 4.97. The van der Waals surface area contributed by atoms with Gasteiger partial charge in [-0.2, -0.15) is 0 Å². The second kappa shape index (κ2) is 6.92. The fourth-order valence-electron chi connectivity index (χ4n) is 3.81. The minimum atomic E-state index is -0.00709. The van der Waals surface area contributed by atoms with Crippen molar-refractivity contribution in [2.45, 2.75) is 64.1 Å². The van der Waals surface area contributed by atoms with Crippen molar-refractivity contribution in [3.05, 3.63) is 16.3 Å². The van der Waals surface area contributed by atoms with E-state index in [1.165, 1.54) is 12.8 Å². The molecule has 6 nitrogen and oxygen atoms in total. The van der Waals surface area contributed by atoms with Gasteiger partial charge in [0.1, 0.15) is 17.3 Å². The Kier molecular flexibility index (Phi) is 5.06. The van der Waals surface area contributed by atoms with Crippen molar-refractivity contribution < 1.29 is 0 Å². The molecule has 8 heteroatoms.